The molecule has 2 aromatic rings. The largest absolute Gasteiger partial charge is 0.303 e. The lowest BCUT2D eigenvalue weighted by atomic mass is 10.0. The second kappa shape index (κ2) is 8.89. The molecule has 1 heterocycles. The molecular weight excluding hydrogens is 312 g/mol. The molecule has 1 saturated heterocycles. The maximum absolute atomic E-state index is 2.59. The zero-order valence-electron chi connectivity index (χ0n) is 15.1. The molecule has 0 aliphatic carbocycles. The fourth-order valence-corrected chi connectivity index (χ4v) is 4.68. The quantitative estimate of drug-likeness (QED) is 0.489. The predicted molar refractivity (Wildman–Crippen MR) is 107 cm³/mol. The van der Waals surface area contributed by atoms with Crippen LogP contribution in [0.4, 0.5) is 0 Å². The van der Waals surface area contributed by atoms with Crippen molar-refractivity contribution in [2.24, 2.45) is 0 Å². The van der Waals surface area contributed by atoms with Crippen molar-refractivity contribution < 1.29 is 0 Å². The van der Waals surface area contributed by atoms with Gasteiger partial charge in [0.15, 0.2) is 0 Å². The molecule has 0 aromatic heterocycles. The van der Waals surface area contributed by atoms with E-state index in [0.29, 0.717) is 0 Å². The molecule has 1 aliphatic heterocycles. The third-order valence-corrected chi connectivity index (χ3v) is 6.31. The van der Waals surface area contributed by atoms with Gasteiger partial charge < -0.3 is 4.90 Å². The van der Waals surface area contributed by atoms with Crippen LogP contribution in [0.1, 0.15) is 39.0 Å². The second-order valence-electron chi connectivity index (χ2n) is 6.92. The lowest BCUT2D eigenvalue weighted by molar-refractivity contribution is 0.171. The summed E-state index contributed by atoms with van der Waals surface area (Å²) >= 11 is 1.94. The van der Waals surface area contributed by atoms with Gasteiger partial charge in [-0.1, -0.05) is 56.2 Å². The molecule has 3 heteroatoms. The van der Waals surface area contributed by atoms with Gasteiger partial charge in [-0.2, -0.15) is 0 Å². The van der Waals surface area contributed by atoms with Gasteiger partial charge in [0.1, 0.15) is 0 Å². The first-order valence-electron chi connectivity index (χ1n) is 9.39. The second-order valence-corrected chi connectivity index (χ2v) is 8.06. The first-order valence-corrected chi connectivity index (χ1v) is 10.2. The van der Waals surface area contributed by atoms with Crippen LogP contribution < -0.4 is 0 Å². The van der Waals surface area contributed by atoms with E-state index in [2.05, 4.69) is 65.6 Å². The standard InChI is InChI=1S/C21H30N2S/c1-3-4-7-15-22(2)19-13-16-23(17-14-19)24-21-12-8-10-18-9-5-6-11-20(18)21/h5-6,8-12,19H,3-4,7,13-17H2,1-2H3. The van der Waals surface area contributed by atoms with Gasteiger partial charge in [0, 0.05) is 24.0 Å². The molecular formula is C21H30N2S. The Morgan fingerprint density at radius 3 is 2.58 bits per heavy atom. The summed E-state index contributed by atoms with van der Waals surface area (Å²) in [7, 11) is 2.31. The van der Waals surface area contributed by atoms with E-state index >= 15 is 0 Å². The maximum atomic E-state index is 2.59. The van der Waals surface area contributed by atoms with Gasteiger partial charge in [-0.25, -0.2) is 4.31 Å². The van der Waals surface area contributed by atoms with E-state index in [-0.39, 0.29) is 0 Å². The van der Waals surface area contributed by atoms with Crippen LogP contribution in [0.5, 0.6) is 0 Å². The van der Waals surface area contributed by atoms with E-state index in [1.807, 2.05) is 11.9 Å². The zero-order chi connectivity index (χ0) is 16.8. The molecule has 0 N–H and O–H groups in total. The Morgan fingerprint density at radius 2 is 1.79 bits per heavy atom. The fourth-order valence-electron chi connectivity index (χ4n) is 3.58. The van der Waals surface area contributed by atoms with Crippen LogP contribution in [0.2, 0.25) is 0 Å². The van der Waals surface area contributed by atoms with Crippen LogP contribution in [-0.4, -0.2) is 41.9 Å². The average molecular weight is 343 g/mol. The van der Waals surface area contributed by atoms with Crippen molar-refractivity contribution in [1.29, 1.82) is 0 Å². The summed E-state index contributed by atoms with van der Waals surface area (Å²) in [5.41, 5.74) is 0. The molecule has 130 valence electrons. The van der Waals surface area contributed by atoms with Crippen molar-refractivity contribution in [2.45, 2.75) is 50.0 Å². The van der Waals surface area contributed by atoms with Gasteiger partial charge in [0.05, 0.1) is 0 Å². The molecule has 24 heavy (non-hydrogen) atoms. The number of benzene rings is 2. The van der Waals surface area contributed by atoms with E-state index in [9.17, 15) is 0 Å². The third kappa shape index (κ3) is 4.53. The van der Waals surface area contributed by atoms with Crippen LogP contribution in [0, 0.1) is 0 Å². The van der Waals surface area contributed by atoms with E-state index < -0.39 is 0 Å². The highest BCUT2D eigenvalue weighted by Gasteiger charge is 2.23. The summed E-state index contributed by atoms with van der Waals surface area (Å²) in [4.78, 5) is 3.98. The van der Waals surface area contributed by atoms with Crippen molar-refractivity contribution in [2.75, 3.05) is 26.7 Å². The van der Waals surface area contributed by atoms with Crippen LogP contribution in [0.25, 0.3) is 10.8 Å². The Morgan fingerprint density at radius 1 is 1.04 bits per heavy atom. The molecule has 2 nitrogen and oxygen atoms in total. The lowest BCUT2D eigenvalue weighted by Crippen LogP contribution is -2.41. The highest BCUT2D eigenvalue weighted by atomic mass is 32.2. The minimum Gasteiger partial charge on any atom is -0.303 e. The molecule has 0 saturated carbocycles. The first kappa shape index (κ1) is 17.8. The van der Waals surface area contributed by atoms with Crippen molar-refractivity contribution in [1.82, 2.24) is 9.21 Å². The molecule has 0 unspecified atom stereocenters. The highest BCUT2D eigenvalue weighted by Crippen LogP contribution is 2.32. The summed E-state index contributed by atoms with van der Waals surface area (Å²) in [6.07, 6.45) is 6.60. The molecule has 0 amide bonds. The summed E-state index contributed by atoms with van der Waals surface area (Å²) < 4.78 is 2.55. The van der Waals surface area contributed by atoms with E-state index in [1.54, 1.807) is 0 Å². The maximum Gasteiger partial charge on any atom is 0.0308 e. The van der Waals surface area contributed by atoms with E-state index in [4.69, 9.17) is 0 Å². The molecule has 1 fully saturated rings. The normalized spacial score (nSPS) is 17.0. The summed E-state index contributed by atoms with van der Waals surface area (Å²) in [6, 6.07) is 16.1. The molecule has 0 spiro atoms. The molecule has 0 bridgehead atoms. The van der Waals surface area contributed by atoms with Crippen LogP contribution in [0.3, 0.4) is 0 Å². The van der Waals surface area contributed by atoms with Crippen LogP contribution >= 0.6 is 11.9 Å². The van der Waals surface area contributed by atoms with Gasteiger partial charge in [-0.05, 0) is 61.6 Å². The predicted octanol–water partition coefficient (Wildman–Crippen LogP) is 5.43. The van der Waals surface area contributed by atoms with E-state index in [1.165, 1.54) is 67.4 Å². The summed E-state index contributed by atoms with van der Waals surface area (Å²) in [6.45, 7) is 5.92. The third-order valence-electron chi connectivity index (χ3n) is 5.14. The average Bonchev–Trinajstić information content (AvgIpc) is 2.63. The minimum atomic E-state index is 0.770. The van der Waals surface area contributed by atoms with Crippen molar-refractivity contribution in [3.63, 3.8) is 0 Å². The van der Waals surface area contributed by atoms with Gasteiger partial charge in [0.2, 0.25) is 0 Å². The Kier molecular flexibility index (Phi) is 6.59. The van der Waals surface area contributed by atoms with Crippen LogP contribution in [0.15, 0.2) is 47.4 Å². The topological polar surface area (TPSA) is 6.48 Å². The molecule has 2 aromatic carbocycles. The fraction of sp³-hybridized carbons (Fsp3) is 0.524. The number of hydrogen-bond donors (Lipinski definition) is 0. The monoisotopic (exact) mass is 342 g/mol. The van der Waals surface area contributed by atoms with Gasteiger partial charge in [-0.3, -0.25) is 0 Å². The Hall–Kier alpha value is -1.03. The van der Waals surface area contributed by atoms with Crippen LogP contribution in [-0.2, 0) is 0 Å². The number of piperidine rings is 1. The van der Waals surface area contributed by atoms with Gasteiger partial charge in [0.25, 0.3) is 0 Å². The van der Waals surface area contributed by atoms with Gasteiger partial charge in [-0.15, -0.1) is 0 Å². The Bertz CT molecular complexity index is 629. The van der Waals surface area contributed by atoms with Crippen molar-refractivity contribution >= 4 is 22.7 Å². The number of rotatable bonds is 7. The van der Waals surface area contributed by atoms with E-state index in [0.717, 1.165) is 6.04 Å². The zero-order valence-corrected chi connectivity index (χ0v) is 15.9. The van der Waals surface area contributed by atoms with Gasteiger partial charge >= 0.3 is 0 Å². The molecule has 0 radical (unpaired) electrons. The summed E-state index contributed by atoms with van der Waals surface area (Å²) in [5.74, 6) is 0. The number of fused-ring (bicyclic) bond motifs is 1. The highest BCUT2D eigenvalue weighted by molar-refractivity contribution is 7.97. The van der Waals surface area contributed by atoms with Crippen molar-refractivity contribution in [3.05, 3.63) is 42.5 Å². The SMILES string of the molecule is CCCCCN(C)C1CCN(Sc2cccc3ccccc23)CC1. The summed E-state index contributed by atoms with van der Waals surface area (Å²) in [5, 5.41) is 2.72. The number of hydrogen-bond acceptors (Lipinski definition) is 3. The molecule has 1 aliphatic rings. The Labute approximate surface area is 151 Å². The first-order chi connectivity index (χ1) is 11.8. The van der Waals surface area contributed by atoms with Crippen molar-refractivity contribution in [3.8, 4) is 0 Å². The number of nitrogens with zero attached hydrogens (tertiary/aromatic N) is 2. The minimum absolute atomic E-state index is 0.770. The number of unbranched alkanes of at least 4 members (excludes halogenated alkanes) is 2. The molecule has 0 atom stereocenters. The Balaban J connectivity index is 1.53. The molecule has 3 rings (SSSR count). The lowest BCUT2D eigenvalue weighted by Gasteiger charge is -2.36. The smallest absolute Gasteiger partial charge is 0.0308 e.